The third-order valence-electron chi connectivity index (χ3n) is 2.35. The van der Waals surface area contributed by atoms with Gasteiger partial charge in [0.2, 0.25) is 0 Å². The van der Waals surface area contributed by atoms with E-state index in [-0.39, 0.29) is 10.7 Å². The van der Waals surface area contributed by atoms with Crippen molar-refractivity contribution in [2.45, 2.75) is 0 Å². The number of nitrogens with zero attached hydrogens (tertiary/aromatic N) is 2. The predicted molar refractivity (Wildman–Crippen MR) is 77.2 cm³/mol. The van der Waals surface area contributed by atoms with Crippen LogP contribution in [-0.4, -0.2) is 23.5 Å². The first-order valence-corrected chi connectivity index (χ1v) is 6.92. The Hall–Kier alpha value is -2.43. The molecule has 2 aromatic rings. The molecule has 0 aromatic carbocycles. The Kier molecular flexibility index (Phi) is 4.87. The molecule has 8 heteroatoms. The SMILES string of the molecule is N#Cc1ccsc1NC(=O)COC(=O)c1cccnc1Cl. The maximum absolute atomic E-state index is 11.7. The van der Waals surface area contributed by atoms with Crippen LogP contribution in [0.25, 0.3) is 0 Å². The van der Waals surface area contributed by atoms with Gasteiger partial charge in [-0.1, -0.05) is 11.6 Å². The highest BCUT2D eigenvalue weighted by Crippen LogP contribution is 2.22. The summed E-state index contributed by atoms with van der Waals surface area (Å²) in [6.07, 6.45) is 1.44. The number of thiophene rings is 1. The van der Waals surface area contributed by atoms with Gasteiger partial charge in [-0.3, -0.25) is 4.79 Å². The summed E-state index contributed by atoms with van der Waals surface area (Å²) < 4.78 is 4.84. The van der Waals surface area contributed by atoms with Crippen LogP contribution in [0.4, 0.5) is 5.00 Å². The maximum atomic E-state index is 11.7. The lowest BCUT2D eigenvalue weighted by Gasteiger charge is -2.06. The molecule has 2 aromatic heterocycles. The predicted octanol–water partition coefficient (Wildman–Crippen LogP) is 2.46. The highest BCUT2D eigenvalue weighted by atomic mass is 35.5. The lowest BCUT2D eigenvalue weighted by Crippen LogP contribution is -2.21. The number of nitriles is 1. The van der Waals surface area contributed by atoms with Crippen molar-refractivity contribution in [2.75, 3.05) is 11.9 Å². The van der Waals surface area contributed by atoms with Gasteiger partial charge in [0, 0.05) is 6.20 Å². The van der Waals surface area contributed by atoms with E-state index in [4.69, 9.17) is 21.6 Å². The zero-order valence-corrected chi connectivity index (χ0v) is 12.1. The lowest BCUT2D eigenvalue weighted by molar-refractivity contribution is -0.119. The molecule has 0 atom stereocenters. The van der Waals surface area contributed by atoms with Crippen molar-refractivity contribution in [1.82, 2.24) is 4.98 Å². The van der Waals surface area contributed by atoms with Gasteiger partial charge in [0.05, 0.1) is 11.1 Å². The van der Waals surface area contributed by atoms with Crippen LogP contribution < -0.4 is 5.32 Å². The second-order valence-corrected chi connectivity index (χ2v) is 5.02. The number of rotatable bonds is 4. The molecule has 0 saturated heterocycles. The monoisotopic (exact) mass is 321 g/mol. The number of carbonyl (C=O) groups is 2. The first-order valence-electron chi connectivity index (χ1n) is 5.67. The van der Waals surface area contributed by atoms with E-state index in [1.54, 1.807) is 11.4 Å². The van der Waals surface area contributed by atoms with Crippen molar-refractivity contribution in [3.63, 3.8) is 0 Å². The average molecular weight is 322 g/mol. The lowest BCUT2D eigenvalue weighted by atomic mass is 10.3. The number of aromatic nitrogens is 1. The molecule has 106 valence electrons. The number of halogens is 1. The number of carbonyl (C=O) groups excluding carboxylic acids is 2. The van der Waals surface area contributed by atoms with Gasteiger partial charge in [-0.15, -0.1) is 11.3 Å². The molecule has 0 spiro atoms. The van der Waals surface area contributed by atoms with Crippen LogP contribution in [-0.2, 0) is 9.53 Å². The molecule has 2 heterocycles. The Balaban J connectivity index is 1.92. The first kappa shape index (κ1) is 15.0. The summed E-state index contributed by atoms with van der Waals surface area (Å²) in [4.78, 5) is 27.1. The van der Waals surface area contributed by atoms with Gasteiger partial charge in [0.15, 0.2) is 6.61 Å². The fraction of sp³-hybridized carbons (Fsp3) is 0.0769. The molecule has 1 N–H and O–H groups in total. The zero-order chi connectivity index (χ0) is 15.2. The molecular weight excluding hydrogens is 314 g/mol. The Labute approximate surface area is 128 Å². The number of hydrogen-bond donors (Lipinski definition) is 1. The van der Waals surface area contributed by atoms with E-state index in [0.29, 0.717) is 10.6 Å². The molecule has 0 bridgehead atoms. The van der Waals surface area contributed by atoms with Crippen LogP contribution in [0.3, 0.4) is 0 Å². The number of amides is 1. The molecule has 6 nitrogen and oxygen atoms in total. The van der Waals surface area contributed by atoms with Gasteiger partial charge >= 0.3 is 5.97 Å². The third kappa shape index (κ3) is 3.78. The van der Waals surface area contributed by atoms with E-state index in [9.17, 15) is 9.59 Å². The largest absolute Gasteiger partial charge is 0.452 e. The van der Waals surface area contributed by atoms with Crippen LogP contribution in [0.1, 0.15) is 15.9 Å². The molecule has 21 heavy (non-hydrogen) atoms. The maximum Gasteiger partial charge on any atom is 0.341 e. The highest BCUT2D eigenvalue weighted by molar-refractivity contribution is 7.14. The van der Waals surface area contributed by atoms with E-state index in [2.05, 4.69) is 10.3 Å². The molecule has 2 rings (SSSR count). The molecule has 0 saturated carbocycles. The normalized spacial score (nSPS) is 9.71. The van der Waals surface area contributed by atoms with E-state index < -0.39 is 18.5 Å². The van der Waals surface area contributed by atoms with E-state index in [1.165, 1.54) is 29.7 Å². The highest BCUT2D eigenvalue weighted by Gasteiger charge is 2.15. The number of ether oxygens (including phenoxy) is 1. The number of nitrogens with one attached hydrogen (secondary N) is 1. The summed E-state index contributed by atoms with van der Waals surface area (Å²) in [5.41, 5.74) is 0.441. The minimum Gasteiger partial charge on any atom is -0.452 e. The number of esters is 1. The number of anilines is 1. The molecule has 0 radical (unpaired) electrons. The summed E-state index contributed by atoms with van der Waals surface area (Å²) in [6, 6.07) is 6.51. The fourth-order valence-corrected chi connectivity index (χ4v) is 2.35. The average Bonchev–Trinajstić information content (AvgIpc) is 2.92. The summed E-state index contributed by atoms with van der Waals surface area (Å²) >= 11 is 6.95. The Bertz CT molecular complexity index is 723. The molecule has 0 aliphatic rings. The smallest absolute Gasteiger partial charge is 0.341 e. The van der Waals surface area contributed by atoms with Crippen molar-refractivity contribution in [1.29, 1.82) is 5.26 Å². The summed E-state index contributed by atoms with van der Waals surface area (Å²) in [6.45, 7) is -0.479. The van der Waals surface area contributed by atoms with Crippen molar-refractivity contribution >= 4 is 39.8 Å². The Morgan fingerprint density at radius 3 is 3.00 bits per heavy atom. The number of hydrogen-bond acceptors (Lipinski definition) is 6. The molecule has 0 aliphatic carbocycles. The summed E-state index contributed by atoms with van der Waals surface area (Å²) in [5, 5.41) is 13.4. The quantitative estimate of drug-likeness (QED) is 0.689. The second-order valence-electron chi connectivity index (χ2n) is 3.74. The zero-order valence-electron chi connectivity index (χ0n) is 10.5. The Morgan fingerprint density at radius 2 is 2.29 bits per heavy atom. The van der Waals surface area contributed by atoms with Gasteiger partial charge < -0.3 is 10.1 Å². The van der Waals surface area contributed by atoms with Crippen molar-refractivity contribution in [3.05, 3.63) is 46.1 Å². The number of pyridine rings is 1. The third-order valence-corrected chi connectivity index (χ3v) is 3.48. The minimum atomic E-state index is -0.741. The van der Waals surface area contributed by atoms with E-state index >= 15 is 0 Å². The van der Waals surface area contributed by atoms with Gasteiger partial charge in [-0.2, -0.15) is 5.26 Å². The van der Waals surface area contributed by atoms with Crippen molar-refractivity contribution in [2.24, 2.45) is 0 Å². The summed E-state index contributed by atoms with van der Waals surface area (Å²) in [5.74, 6) is -1.28. The molecule has 0 aliphatic heterocycles. The Morgan fingerprint density at radius 1 is 1.48 bits per heavy atom. The first-order chi connectivity index (χ1) is 10.1. The molecule has 0 unspecified atom stereocenters. The summed E-state index contributed by atoms with van der Waals surface area (Å²) in [7, 11) is 0. The standard InChI is InChI=1S/C13H8ClN3O3S/c14-11-9(2-1-4-16-11)13(19)20-7-10(18)17-12-8(6-15)3-5-21-12/h1-5H,7H2,(H,17,18). The molecular formula is C13H8ClN3O3S. The molecule has 0 fully saturated rings. The van der Waals surface area contributed by atoms with Crippen LogP contribution in [0.2, 0.25) is 5.15 Å². The van der Waals surface area contributed by atoms with E-state index in [1.807, 2.05) is 6.07 Å². The van der Waals surface area contributed by atoms with Crippen molar-refractivity contribution < 1.29 is 14.3 Å². The minimum absolute atomic E-state index is 0.00734. The van der Waals surface area contributed by atoms with Gasteiger partial charge in [-0.25, -0.2) is 9.78 Å². The van der Waals surface area contributed by atoms with E-state index in [0.717, 1.165) is 0 Å². The second kappa shape index (κ2) is 6.83. The van der Waals surface area contributed by atoms with Crippen LogP contribution in [0.15, 0.2) is 29.8 Å². The van der Waals surface area contributed by atoms with Crippen LogP contribution >= 0.6 is 22.9 Å². The van der Waals surface area contributed by atoms with Crippen molar-refractivity contribution in [3.8, 4) is 6.07 Å². The van der Waals surface area contributed by atoms with Crippen LogP contribution in [0, 0.1) is 11.3 Å². The molecule has 1 amide bonds. The van der Waals surface area contributed by atoms with Crippen LogP contribution in [0.5, 0.6) is 0 Å². The van der Waals surface area contributed by atoms with Gasteiger partial charge in [-0.05, 0) is 23.6 Å². The fourth-order valence-electron chi connectivity index (χ4n) is 1.40. The van der Waals surface area contributed by atoms with Gasteiger partial charge in [0.1, 0.15) is 16.2 Å². The topological polar surface area (TPSA) is 92.1 Å². The van der Waals surface area contributed by atoms with Gasteiger partial charge in [0.25, 0.3) is 5.91 Å².